The summed E-state index contributed by atoms with van der Waals surface area (Å²) in [4.78, 5) is 4.64. The van der Waals surface area contributed by atoms with Crippen LogP contribution in [0.4, 0.5) is 47.3 Å². The average molecular weight is 819 g/mol. The molecule has 0 amide bonds. The molecule has 9 aromatic carbocycles. The SMILES string of the molecule is Cc1ccc2c(c1)C1(c3cc4c(cc3-2)-c2ccc(C(F)(F)F)cc2C42c3ccccc3N(c3ccccc3)c3ccccc32)c2ccccc2N(c2ccccc2)c2ccccc21. The standard InChI is InChI=1S/C58H37F3N2/c1-36-28-30-40-42-34-43-41-31-29-37(58(59,60)61)33-49(41)57(46-22-10-14-26-54(46)63(39-18-6-3-7-19-39)55-27-15-11-23-47(55)57)51(43)35-50(42)56(48(40)32-36)44-20-8-12-24-52(44)62(38-16-4-2-5-17-38)53-25-13-9-21-45(53)56/h2-35H,1H3. The lowest BCUT2D eigenvalue weighted by molar-refractivity contribution is -0.137. The van der Waals surface area contributed by atoms with E-state index >= 15 is 13.2 Å². The fraction of sp³-hybridized carbons (Fsp3) is 0.0690. The normalized spacial score (nSPS) is 15.2. The second kappa shape index (κ2) is 12.7. The topological polar surface area (TPSA) is 6.48 Å². The van der Waals surface area contributed by atoms with Crippen molar-refractivity contribution < 1.29 is 13.2 Å². The number of para-hydroxylation sites is 6. The molecule has 2 aliphatic heterocycles. The Morgan fingerprint density at radius 1 is 0.333 bits per heavy atom. The molecule has 0 N–H and O–H groups in total. The van der Waals surface area contributed by atoms with E-state index in [4.69, 9.17) is 0 Å². The molecule has 2 aliphatic carbocycles. The van der Waals surface area contributed by atoms with Crippen molar-refractivity contribution in [3.05, 3.63) is 262 Å². The lowest BCUT2D eigenvalue weighted by atomic mass is 9.61. The van der Waals surface area contributed by atoms with Gasteiger partial charge in [0.25, 0.3) is 0 Å². The van der Waals surface area contributed by atoms with E-state index in [2.05, 4.69) is 156 Å². The smallest absolute Gasteiger partial charge is 0.310 e. The van der Waals surface area contributed by atoms with Crippen molar-refractivity contribution in [1.29, 1.82) is 0 Å². The highest BCUT2D eigenvalue weighted by atomic mass is 19.4. The van der Waals surface area contributed by atoms with Gasteiger partial charge in [-0.25, -0.2) is 0 Å². The summed E-state index contributed by atoms with van der Waals surface area (Å²) in [5.41, 5.74) is 16.8. The summed E-state index contributed by atoms with van der Waals surface area (Å²) in [6.45, 7) is 2.16. The second-order valence-corrected chi connectivity index (χ2v) is 17.2. The molecule has 0 bridgehead atoms. The van der Waals surface area contributed by atoms with Crippen molar-refractivity contribution in [2.24, 2.45) is 0 Å². The molecule has 300 valence electrons. The quantitative estimate of drug-likeness (QED) is 0.171. The first-order chi connectivity index (χ1) is 30.8. The van der Waals surface area contributed by atoms with E-state index in [1.807, 2.05) is 48.5 Å². The van der Waals surface area contributed by atoms with E-state index in [1.165, 1.54) is 17.7 Å². The lowest BCUT2D eigenvalue weighted by Gasteiger charge is -2.46. The Hall–Kier alpha value is -7.63. The van der Waals surface area contributed by atoms with Crippen LogP contribution in [0.1, 0.15) is 55.6 Å². The van der Waals surface area contributed by atoms with Gasteiger partial charge >= 0.3 is 6.18 Å². The molecule has 0 radical (unpaired) electrons. The molecule has 63 heavy (non-hydrogen) atoms. The first kappa shape index (κ1) is 36.1. The highest BCUT2D eigenvalue weighted by Gasteiger charge is 2.57. The van der Waals surface area contributed by atoms with Gasteiger partial charge in [-0.1, -0.05) is 145 Å². The molecule has 9 aromatic rings. The van der Waals surface area contributed by atoms with E-state index in [9.17, 15) is 0 Å². The first-order valence-corrected chi connectivity index (χ1v) is 21.4. The second-order valence-electron chi connectivity index (χ2n) is 17.2. The highest BCUT2D eigenvalue weighted by molar-refractivity contribution is 6.01. The van der Waals surface area contributed by atoms with Crippen LogP contribution in [0.15, 0.2) is 206 Å². The summed E-state index contributed by atoms with van der Waals surface area (Å²) in [6.07, 6.45) is -4.54. The van der Waals surface area contributed by atoms with Crippen LogP contribution < -0.4 is 9.80 Å². The summed E-state index contributed by atoms with van der Waals surface area (Å²) in [5, 5.41) is 0. The largest absolute Gasteiger partial charge is 0.416 e. The van der Waals surface area contributed by atoms with Crippen LogP contribution in [0, 0.1) is 6.92 Å². The van der Waals surface area contributed by atoms with Gasteiger partial charge in [0.1, 0.15) is 0 Å². The molecule has 13 rings (SSSR count). The summed E-state index contributed by atoms with van der Waals surface area (Å²) in [7, 11) is 0. The minimum Gasteiger partial charge on any atom is -0.310 e. The fourth-order valence-electron chi connectivity index (χ4n) is 11.8. The number of fused-ring (bicyclic) bond motifs is 18. The number of anilines is 6. The van der Waals surface area contributed by atoms with E-state index in [-0.39, 0.29) is 0 Å². The van der Waals surface area contributed by atoms with Crippen molar-refractivity contribution in [1.82, 2.24) is 0 Å². The van der Waals surface area contributed by atoms with Crippen LogP contribution >= 0.6 is 0 Å². The molecular formula is C58H37F3N2. The molecule has 2 nitrogen and oxygen atoms in total. The van der Waals surface area contributed by atoms with E-state index in [1.54, 1.807) is 6.07 Å². The van der Waals surface area contributed by atoms with Crippen molar-refractivity contribution in [3.8, 4) is 22.3 Å². The minimum absolute atomic E-state index is 0.640. The van der Waals surface area contributed by atoms with Crippen LogP contribution in [-0.2, 0) is 17.0 Å². The predicted octanol–water partition coefficient (Wildman–Crippen LogP) is 15.3. The third kappa shape index (κ3) is 4.58. The van der Waals surface area contributed by atoms with Gasteiger partial charge in [-0.05, 0) is 140 Å². The summed E-state index contributed by atoms with van der Waals surface area (Å²) in [6, 6.07) is 70.8. The van der Waals surface area contributed by atoms with Crippen LogP contribution in [0.2, 0.25) is 0 Å². The molecule has 0 fully saturated rings. The number of benzene rings is 9. The number of alkyl halides is 3. The molecule has 0 aromatic heterocycles. The Balaban J connectivity index is 1.19. The maximum absolute atomic E-state index is 15.1. The Morgan fingerprint density at radius 2 is 0.698 bits per heavy atom. The predicted molar refractivity (Wildman–Crippen MR) is 247 cm³/mol. The van der Waals surface area contributed by atoms with E-state index < -0.39 is 22.6 Å². The van der Waals surface area contributed by atoms with Gasteiger partial charge in [0.15, 0.2) is 0 Å². The molecule has 2 spiro atoms. The van der Waals surface area contributed by atoms with Crippen molar-refractivity contribution >= 4 is 34.1 Å². The van der Waals surface area contributed by atoms with Gasteiger partial charge in [-0.15, -0.1) is 0 Å². The summed E-state index contributed by atoms with van der Waals surface area (Å²) in [5.74, 6) is 0. The van der Waals surface area contributed by atoms with Crippen molar-refractivity contribution in [2.75, 3.05) is 9.80 Å². The first-order valence-electron chi connectivity index (χ1n) is 21.4. The van der Waals surface area contributed by atoms with Crippen molar-refractivity contribution in [2.45, 2.75) is 23.9 Å². The van der Waals surface area contributed by atoms with Crippen LogP contribution in [0.5, 0.6) is 0 Å². The Bertz CT molecular complexity index is 3270. The number of hydrogen-bond donors (Lipinski definition) is 0. The van der Waals surface area contributed by atoms with Gasteiger partial charge in [0.05, 0.1) is 39.1 Å². The molecule has 0 saturated carbocycles. The third-order valence-corrected chi connectivity index (χ3v) is 14.1. The number of hydrogen-bond acceptors (Lipinski definition) is 2. The number of halogens is 3. The van der Waals surface area contributed by atoms with Gasteiger partial charge in [-0.3, -0.25) is 0 Å². The fourth-order valence-corrected chi connectivity index (χ4v) is 11.8. The molecule has 0 unspecified atom stereocenters. The average Bonchev–Trinajstić information content (AvgIpc) is 3.75. The molecule has 0 saturated heterocycles. The molecule has 0 atom stereocenters. The van der Waals surface area contributed by atoms with Crippen molar-refractivity contribution in [3.63, 3.8) is 0 Å². The van der Waals surface area contributed by atoms with Gasteiger partial charge < -0.3 is 9.80 Å². The zero-order valence-corrected chi connectivity index (χ0v) is 34.2. The van der Waals surface area contributed by atoms with Gasteiger partial charge in [-0.2, -0.15) is 13.2 Å². The van der Waals surface area contributed by atoms with E-state index in [0.717, 1.165) is 95.3 Å². The molecule has 2 heterocycles. The minimum atomic E-state index is -4.54. The Kier molecular flexibility index (Phi) is 7.28. The number of aryl methyl sites for hydroxylation is 1. The summed E-state index contributed by atoms with van der Waals surface area (Å²) < 4.78 is 45.2. The zero-order valence-electron chi connectivity index (χ0n) is 34.2. The summed E-state index contributed by atoms with van der Waals surface area (Å²) >= 11 is 0. The number of rotatable bonds is 2. The Morgan fingerprint density at radius 3 is 1.13 bits per heavy atom. The monoisotopic (exact) mass is 818 g/mol. The zero-order chi connectivity index (χ0) is 42.2. The van der Waals surface area contributed by atoms with Crippen LogP contribution in [0.25, 0.3) is 22.3 Å². The third-order valence-electron chi connectivity index (χ3n) is 14.1. The van der Waals surface area contributed by atoms with Gasteiger partial charge in [0, 0.05) is 11.4 Å². The van der Waals surface area contributed by atoms with E-state index in [0.29, 0.717) is 5.56 Å². The highest BCUT2D eigenvalue weighted by Crippen LogP contribution is 2.68. The van der Waals surface area contributed by atoms with Crippen LogP contribution in [-0.4, -0.2) is 0 Å². The number of nitrogens with zero attached hydrogens (tertiary/aromatic N) is 2. The van der Waals surface area contributed by atoms with Gasteiger partial charge in [0.2, 0.25) is 0 Å². The van der Waals surface area contributed by atoms with Crippen LogP contribution in [0.3, 0.4) is 0 Å². The molecule has 4 aliphatic rings. The lowest BCUT2D eigenvalue weighted by Crippen LogP contribution is -2.38. The molecule has 5 heteroatoms. The Labute approximate surface area is 363 Å². The maximum atomic E-state index is 15.1. The maximum Gasteiger partial charge on any atom is 0.416 e. The molecular weight excluding hydrogens is 782 g/mol.